The van der Waals surface area contributed by atoms with Gasteiger partial charge in [-0.25, -0.2) is 0 Å². The topological polar surface area (TPSA) is 102 Å². The molecule has 0 aliphatic carbocycles. The Morgan fingerprint density at radius 1 is 0.608 bits per heavy atom. The quantitative estimate of drug-likeness (QED) is 0.0216. The number of aliphatic carboxylic acids is 1. The van der Waals surface area contributed by atoms with Gasteiger partial charge in [0.2, 0.25) is 0 Å². The van der Waals surface area contributed by atoms with E-state index in [1.807, 2.05) is 12.2 Å². The molecule has 8 heteroatoms. The highest BCUT2D eigenvalue weighted by molar-refractivity contribution is 5.70. The van der Waals surface area contributed by atoms with Gasteiger partial charge in [0.15, 0.2) is 6.10 Å². The van der Waals surface area contributed by atoms with Crippen LogP contribution in [0.15, 0.2) is 60.8 Å². The molecule has 0 rings (SSSR count). The van der Waals surface area contributed by atoms with Crippen LogP contribution in [0.4, 0.5) is 0 Å². The van der Waals surface area contributed by atoms with Gasteiger partial charge in [-0.3, -0.25) is 9.59 Å². The Kier molecular flexibility index (Phi) is 32.1. The minimum absolute atomic E-state index is 0.0280. The standard InChI is InChI=1S/C43H73NO7/c1-6-8-10-12-14-16-18-20-22-24-26-28-30-32-34-42(46)51-39(37-49-36-35-40(43(47)48)44(3,4)5)38-50-41(45)33-31-29-27-25-23-21-19-17-15-13-11-9-7-2/h8-11,13-17,19,39-40H,6-7,12,18,20-38H2,1-5H3/b10-8+,11-9+,15-13+,16-14+,19-17+. The highest BCUT2D eigenvalue weighted by atomic mass is 16.6. The third-order valence-corrected chi connectivity index (χ3v) is 8.46. The molecule has 51 heavy (non-hydrogen) atoms. The molecule has 0 spiro atoms. The SMILES string of the molecule is CC/C=C/C=C/C=C/CCCCCCCC(=O)OCC(COCCC(C(=O)[O-])[N+](C)(C)C)OC(=O)CCCCCCCCC/C=C/C/C=C/CC. The van der Waals surface area contributed by atoms with Crippen molar-refractivity contribution >= 4 is 17.9 Å². The van der Waals surface area contributed by atoms with E-state index in [4.69, 9.17) is 14.2 Å². The van der Waals surface area contributed by atoms with Crippen molar-refractivity contribution in [2.24, 2.45) is 0 Å². The number of likely N-dealkylation sites (N-methyl/N-ethyl adjacent to an activating group) is 1. The van der Waals surface area contributed by atoms with Gasteiger partial charge in [0.05, 0.1) is 40.3 Å². The van der Waals surface area contributed by atoms with Crippen LogP contribution in [-0.2, 0) is 28.6 Å². The number of esters is 2. The number of hydrogen-bond acceptors (Lipinski definition) is 7. The number of hydrogen-bond donors (Lipinski definition) is 0. The molecule has 8 nitrogen and oxygen atoms in total. The van der Waals surface area contributed by atoms with E-state index >= 15 is 0 Å². The number of nitrogens with zero attached hydrogens (tertiary/aromatic N) is 1. The predicted molar refractivity (Wildman–Crippen MR) is 208 cm³/mol. The summed E-state index contributed by atoms with van der Waals surface area (Å²) in [4.78, 5) is 36.7. The molecule has 0 aliphatic rings. The van der Waals surface area contributed by atoms with Gasteiger partial charge in [0.1, 0.15) is 12.6 Å². The van der Waals surface area contributed by atoms with Crippen LogP contribution in [0.5, 0.6) is 0 Å². The van der Waals surface area contributed by atoms with E-state index in [1.165, 1.54) is 19.3 Å². The Balaban J connectivity index is 4.45. The summed E-state index contributed by atoms with van der Waals surface area (Å²) < 4.78 is 17.1. The van der Waals surface area contributed by atoms with Crippen LogP contribution in [0.25, 0.3) is 0 Å². The monoisotopic (exact) mass is 716 g/mol. The zero-order valence-corrected chi connectivity index (χ0v) is 33.0. The molecule has 0 radical (unpaired) electrons. The largest absolute Gasteiger partial charge is 0.544 e. The molecule has 2 unspecified atom stereocenters. The Bertz CT molecular complexity index is 1020. The molecule has 0 fully saturated rings. The summed E-state index contributed by atoms with van der Waals surface area (Å²) in [5, 5.41) is 11.6. The second kappa shape index (κ2) is 34.1. The van der Waals surface area contributed by atoms with Crippen LogP contribution in [0.3, 0.4) is 0 Å². The smallest absolute Gasteiger partial charge is 0.306 e. The van der Waals surface area contributed by atoms with Crippen molar-refractivity contribution in [3.8, 4) is 0 Å². The van der Waals surface area contributed by atoms with Crippen LogP contribution in [-0.4, -0.2) is 75.5 Å². The third-order valence-electron chi connectivity index (χ3n) is 8.46. The second-order valence-corrected chi connectivity index (χ2v) is 14.2. The lowest BCUT2D eigenvalue weighted by atomic mass is 10.1. The summed E-state index contributed by atoms with van der Waals surface area (Å²) >= 11 is 0. The van der Waals surface area contributed by atoms with Gasteiger partial charge in [-0.1, -0.05) is 126 Å². The first kappa shape index (κ1) is 48.0. The fourth-order valence-electron chi connectivity index (χ4n) is 5.40. The average Bonchev–Trinajstić information content (AvgIpc) is 3.08. The molecule has 0 saturated heterocycles. The van der Waals surface area contributed by atoms with Crippen LogP contribution >= 0.6 is 0 Å². The Hall–Kier alpha value is -2.97. The minimum Gasteiger partial charge on any atom is -0.544 e. The van der Waals surface area contributed by atoms with Crippen LogP contribution in [0, 0.1) is 0 Å². The molecule has 0 aromatic carbocycles. The van der Waals surface area contributed by atoms with Crippen molar-refractivity contribution in [1.29, 1.82) is 0 Å². The van der Waals surface area contributed by atoms with E-state index in [9.17, 15) is 19.5 Å². The molecular weight excluding hydrogens is 642 g/mol. The van der Waals surface area contributed by atoms with Crippen LogP contribution in [0.1, 0.15) is 142 Å². The fourth-order valence-corrected chi connectivity index (χ4v) is 5.40. The summed E-state index contributed by atoms with van der Waals surface area (Å²) in [6, 6.07) is -0.731. The van der Waals surface area contributed by atoms with Crippen molar-refractivity contribution < 1.29 is 38.2 Å². The fraction of sp³-hybridized carbons (Fsp3) is 0.698. The van der Waals surface area contributed by atoms with Crippen LogP contribution in [0.2, 0.25) is 0 Å². The van der Waals surface area contributed by atoms with E-state index in [1.54, 1.807) is 21.1 Å². The molecule has 292 valence electrons. The average molecular weight is 716 g/mol. The number of ether oxygens (including phenoxy) is 3. The summed E-state index contributed by atoms with van der Waals surface area (Å²) in [6.07, 6.45) is 39.6. The lowest BCUT2D eigenvalue weighted by Crippen LogP contribution is -2.55. The molecule has 0 aromatic heterocycles. The lowest BCUT2D eigenvalue weighted by molar-refractivity contribution is -0.889. The summed E-state index contributed by atoms with van der Waals surface area (Å²) in [7, 11) is 5.38. The molecule has 0 aliphatic heterocycles. The van der Waals surface area contributed by atoms with Gasteiger partial charge in [-0.05, 0) is 57.8 Å². The number of unbranched alkanes of at least 4 members (excludes halogenated alkanes) is 12. The highest BCUT2D eigenvalue weighted by Crippen LogP contribution is 2.13. The molecule has 0 amide bonds. The van der Waals surface area contributed by atoms with E-state index in [0.717, 1.165) is 89.9 Å². The summed E-state index contributed by atoms with van der Waals surface area (Å²) in [5.41, 5.74) is 0. The number of carboxylic acid groups (broad SMARTS) is 1. The van der Waals surface area contributed by atoms with Crippen molar-refractivity contribution in [2.45, 2.75) is 154 Å². The minimum atomic E-state index is -1.13. The first-order valence-electron chi connectivity index (χ1n) is 19.8. The van der Waals surface area contributed by atoms with Crippen molar-refractivity contribution in [3.05, 3.63) is 60.8 Å². The molecule has 0 saturated carbocycles. The molecule has 0 aromatic rings. The zero-order valence-electron chi connectivity index (χ0n) is 33.0. The summed E-state index contributed by atoms with van der Waals surface area (Å²) in [5.74, 6) is -1.78. The predicted octanol–water partition coefficient (Wildman–Crippen LogP) is 8.91. The van der Waals surface area contributed by atoms with Crippen molar-refractivity contribution in [2.75, 3.05) is 41.0 Å². The van der Waals surface area contributed by atoms with E-state index in [0.29, 0.717) is 12.8 Å². The molecule has 0 N–H and O–H groups in total. The zero-order chi connectivity index (χ0) is 37.8. The van der Waals surface area contributed by atoms with Gasteiger partial charge in [0.25, 0.3) is 0 Å². The van der Waals surface area contributed by atoms with Gasteiger partial charge >= 0.3 is 11.9 Å². The Morgan fingerprint density at radius 2 is 1.14 bits per heavy atom. The van der Waals surface area contributed by atoms with Crippen molar-refractivity contribution in [3.63, 3.8) is 0 Å². The summed E-state index contributed by atoms with van der Waals surface area (Å²) in [6.45, 7) is 4.37. The van der Waals surface area contributed by atoms with Gasteiger partial charge in [-0.15, -0.1) is 0 Å². The number of carboxylic acids is 1. The second-order valence-electron chi connectivity index (χ2n) is 14.2. The van der Waals surface area contributed by atoms with E-state index in [-0.39, 0.29) is 42.7 Å². The number of allylic oxidation sites excluding steroid dienone is 10. The third kappa shape index (κ3) is 32.7. The molecule has 2 atom stereocenters. The molecular formula is C43H73NO7. The number of quaternary nitrogens is 1. The maximum atomic E-state index is 12.7. The maximum Gasteiger partial charge on any atom is 0.306 e. The Morgan fingerprint density at radius 3 is 1.73 bits per heavy atom. The van der Waals surface area contributed by atoms with Gasteiger partial charge in [-0.2, -0.15) is 0 Å². The van der Waals surface area contributed by atoms with Crippen molar-refractivity contribution in [1.82, 2.24) is 0 Å². The number of carbonyl (C=O) groups is 3. The normalized spacial score (nSPS) is 13.7. The maximum absolute atomic E-state index is 12.7. The van der Waals surface area contributed by atoms with E-state index < -0.39 is 18.1 Å². The lowest BCUT2D eigenvalue weighted by Gasteiger charge is -2.34. The Labute approximate surface area is 311 Å². The van der Waals surface area contributed by atoms with Gasteiger partial charge in [0, 0.05) is 19.3 Å². The number of carbonyl (C=O) groups excluding carboxylic acids is 3. The first-order chi connectivity index (χ1) is 24.6. The molecule has 0 bridgehead atoms. The first-order valence-corrected chi connectivity index (χ1v) is 19.8. The van der Waals surface area contributed by atoms with E-state index in [2.05, 4.69) is 62.5 Å². The van der Waals surface area contributed by atoms with Gasteiger partial charge < -0.3 is 28.6 Å². The molecule has 0 heterocycles. The highest BCUT2D eigenvalue weighted by Gasteiger charge is 2.25. The van der Waals surface area contributed by atoms with Crippen LogP contribution < -0.4 is 5.11 Å². The number of rotatable bonds is 34.